The minimum Gasteiger partial charge on any atom is -0.341 e. The molecule has 31 heavy (non-hydrogen) atoms. The third kappa shape index (κ3) is 3.41. The van der Waals surface area contributed by atoms with Gasteiger partial charge in [-0.1, -0.05) is 29.8 Å². The van der Waals surface area contributed by atoms with E-state index in [2.05, 4.69) is 59.7 Å². The second-order valence-electron chi connectivity index (χ2n) is 8.53. The fourth-order valence-corrected chi connectivity index (χ4v) is 4.76. The van der Waals surface area contributed by atoms with Crippen molar-refractivity contribution in [2.24, 2.45) is 7.05 Å². The summed E-state index contributed by atoms with van der Waals surface area (Å²) >= 11 is 0. The quantitative estimate of drug-likeness (QED) is 0.525. The first-order chi connectivity index (χ1) is 15.1. The lowest BCUT2D eigenvalue weighted by Gasteiger charge is -2.20. The molecule has 1 aliphatic heterocycles. The van der Waals surface area contributed by atoms with Crippen LogP contribution in [0.25, 0.3) is 33.5 Å². The number of hydrogen-bond donors (Lipinski definition) is 2. The number of imidazole rings is 2. The van der Waals surface area contributed by atoms with Crippen LogP contribution in [0.2, 0.25) is 0 Å². The number of nitrogens with one attached hydrogen (secondary N) is 2. The molecule has 1 aliphatic rings. The SMILES string of the molecule is CCn1c(=O)n(C)c2cc(-c3[nH]c(C4CCNCC4)nc3-c3cccc(C)c3)ccc21. The molecule has 0 amide bonds. The van der Waals surface area contributed by atoms with Gasteiger partial charge in [0.1, 0.15) is 5.82 Å². The van der Waals surface area contributed by atoms with E-state index in [9.17, 15) is 4.79 Å². The van der Waals surface area contributed by atoms with Crippen LogP contribution in [0.5, 0.6) is 0 Å². The van der Waals surface area contributed by atoms with Crippen molar-refractivity contribution < 1.29 is 0 Å². The van der Waals surface area contributed by atoms with Crippen LogP contribution >= 0.6 is 0 Å². The lowest BCUT2D eigenvalue weighted by Crippen LogP contribution is -2.27. The number of aromatic nitrogens is 4. The van der Waals surface area contributed by atoms with E-state index in [0.29, 0.717) is 12.5 Å². The molecule has 2 aromatic heterocycles. The molecule has 6 nitrogen and oxygen atoms in total. The van der Waals surface area contributed by atoms with Crippen LogP contribution in [0.1, 0.15) is 37.1 Å². The molecule has 6 heteroatoms. The number of rotatable bonds is 4. The van der Waals surface area contributed by atoms with E-state index in [1.165, 1.54) is 5.56 Å². The van der Waals surface area contributed by atoms with Crippen LogP contribution < -0.4 is 11.0 Å². The van der Waals surface area contributed by atoms with Crippen LogP contribution in [-0.2, 0) is 13.6 Å². The summed E-state index contributed by atoms with van der Waals surface area (Å²) in [7, 11) is 1.84. The zero-order valence-electron chi connectivity index (χ0n) is 18.4. The smallest absolute Gasteiger partial charge is 0.328 e. The minimum atomic E-state index is 0.0218. The first kappa shape index (κ1) is 19.8. The molecule has 0 atom stereocenters. The van der Waals surface area contributed by atoms with Crippen LogP contribution in [0.15, 0.2) is 47.3 Å². The molecular weight excluding hydrogens is 386 g/mol. The Labute approximate surface area is 181 Å². The first-order valence-corrected chi connectivity index (χ1v) is 11.1. The summed E-state index contributed by atoms with van der Waals surface area (Å²) in [6.07, 6.45) is 2.18. The second kappa shape index (κ2) is 7.85. The van der Waals surface area contributed by atoms with Crippen molar-refractivity contribution in [2.45, 2.75) is 39.2 Å². The van der Waals surface area contributed by atoms with Gasteiger partial charge in [0, 0.05) is 30.6 Å². The van der Waals surface area contributed by atoms with Crippen LogP contribution in [-0.4, -0.2) is 32.2 Å². The largest absolute Gasteiger partial charge is 0.341 e. The number of hydrogen-bond acceptors (Lipinski definition) is 3. The van der Waals surface area contributed by atoms with Gasteiger partial charge in [0.2, 0.25) is 0 Å². The van der Waals surface area contributed by atoms with Crippen molar-refractivity contribution in [3.63, 3.8) is 0 Å². The van der Waals surface area contributed by atoms with Crippen molar-refractivity contribution in [1.29, 1.82) is 0 Å². The highest BCUT2D eigenvalue weighted by Gasteiger charge is 2.23. The van der Waals surface area contributed by atoms with Crippen LogP contribution in [0.4, 0.5) is 0 Å². The van der Waals surface area contributed by atoms with Gasteiger partial charge in [-0.2, -0.15) is 0 Å². The summed E-state index contributed by atoms with van der Waals surface area (Å²) in [5.74, 6) is 1.50. The number of H-pyrrole nitrogens is 1. The number of piperidine rings is 1. The average Bonchev–Trinajstić information content (AvgIpc) is 3.34. The van der Waals surface area contributed by atoms with Gasteiger partial charge >= 0.3 is 5.69 Å². The predicted molar refractivity (Wildman–Crippen MR) is 125 cm³/mol. The van der Waals surface area contributed by atoms with E-state index in [0.717, 1.165) is 65.3 Å². The molecule has 1 fully saturated rings. The van der Waals surface area contributed by atoms with Gasteiger partial charge in [-0.05, 0) is 58.0 Å². The molecule has 2 aromatic carbocycles. The summed E-state index contributed by atoms with van der Waals surface area (Å²) in [4.78, 5) is 21.4. The lowest BCUT2D eigenvalue weighted by molar-refractivity contribution is 0.447. The van der Waals surface area contributed by atoms with E-state index in [-0.39, 0.29) is 5.69 Å². The number of benzene rings is 2. The second-order valence-corrected chi connectivity index (χ2v) is 8.53. The summed E-state index contributed by atoms with van der Waals surface area (Å²) in [6.45, 7) is 6.83. The van der Waals surface area contributed by atoms with Crippen molar-refractivity contribution in [3.05, 3.63) is 64.3 Å². The van der Waals surface area contributed by atoms with Crippen molar-refractivity contribution in [1.82, 2.24) is 24.4 Å². The molecule has 3 heterocycles. The fraction of sp³-hybridized carbons (Fsp3) is 0.360. The zero-order chi connectivity index (χ0) is 21.5. The fourth-order valence-electron chi connectivity index (χ4n) is 4.76. The van der Waals surface area contributed by atoms with Gasteiger partial charge in [-0.25, -0.2) is 9.78 Å². The normalized spacial score (nSPS) is 15.1. The first-order valence-electron chi connectivity index (χ1n) is 11.1. The van der Waals surface area contributed by atoms with Gasteiger partial charge in [-0.15, -0.1) is 0 Å². The van der Waals surface area contributed by atoms with Crippen molar-refractivity contribution >= 4 is 11.0 Å². The lowest BCUT2D eigenvalue weighted by atomic mass is 9.97. The number of aryl methyl sites for hydroxylation is 3. The highest BCUT2D eigenvalue weighted by atomic mass is 16.1. The monoisotopic (exact) mass is 415 g/mol. The van der Waals surface area contributed by atoms with E-state index >= 15 is 0 Å². The summed E-state index contributed by atoms with van der Waals surface area (Å²) < 4.78 is 3.55. The molecule has 160 valence electrons. The third-order valence-electron chi connectivity index (χ3n) is 6.49. The molecule has 5 rings (SSSR count). The Bertz CT molecular complexity index is 1300. The van der Waals surface area contributed by atoms with Crippen molar-refractivity contribution in [2.75, 3.05) is 13.1 Å². The van der Waals surface area contributed by atoms with Crippen LogP contribution in [0, 0.1) is 6.92 Å². The molecule has 1 saturated heterocycles. The molecule has 4 aromatic rings. The summed E-state index contributed by atoms with van der Waals surface area (Å²) in [5, 5.41) is 3.44. The Kier molecular flexibility index (Phi) is 5.02. The van der Waals surface area contributed by atoms with E-state index < -0.39 is 0 Å². The maximum Gasteiger partial charge on any atom is 0.328 e. The number of nitrogens with zero attached hydrogens (tertiary/aromatic N) is 3. The molecule has 0 radical (unpaired) electrons. The highest BCUT2D eigenvalue weighted by Crippen LogP contribution is 2.35. The molecule has 0 bridgehead atoms. The number of fused-ring (bicyclic) bond motifs is 1. The maximum atomic E-state index is 12.6. The summed E-state index contributed by atoms with van der Waals surface area (Å²) in [5.41, 5.74) is 7.33. The molecule has 2 N–H and O–H groups in total. The highest BCUT2D eigenvalue weighted by molar-refractivity contribution is 5.86. The van der Waals surface area contributed by atoms with Gasteiger partial charge in [-0.3, -0.25) is 9.13 Å². The van der Waals surface area contributed by atoms with Gasteiger partial charge < -0.3 is 10.3 Å². The molecular formula is C25H29N5O. The van der Waals surface area contributed by atoms with Crippen LogP contribution in [0.3, 0.4) is 0 Å². The predicted octanol–water partition coefficient (Wildman–Crippen LogP) is 4.19. The Hall–Kier alpha value is -3.12. The average molecular weight is 416 g/mol. The Morgan fingerprint density at radius 1 is 1.06 bits per heavy atom. The van der Waals surface area contributed by atoms with Gasteiger partial charge in [0.15, 0.2) is 0 Å². The van der Waals surface area contributed by atoms with Crippen molar-refractivity contribution in [3.8, 4) is 22.5 Å². The van der Waals surface area contributed by atoms with E-state index in [1.807, 2.05) is 18.5 Å². The Morgan fingerprint density at radius 2 is 1.87 bits per heavy atom. The molecule has 0 unspecified atom stereocenters. The van der Waals surface area contributed by atoms with E-state index in [1.54, 1.807) is 4.57 Å². The zero-order valence-corrected chi connectivity index (χ0v) is 18.4. The minimum absolute atomic E-state index is 0.0218. The molecule has 0 aliphatic carbocycles. The van der Waals surface area contributed by atoms with E-state index in [4.69, 9.17) is 4.98 Å². The number of aromatic amines is 1. The Balaban J connectivity index is 1.69. The topological polar surface area (TPSA) is 67.6 Å². The Morgan fingerprint density at radius 3 is 2.61 bits per heavy atom. The standard InChI is InChI=1S/C25H29N5O/c1-4-30-20-9-8-19(15-21(20)29(3)25(30)31)23-22(18-7-5-6-16(2)14-18)27-24(28-23)17-10-12-26-13-11-17/h5-9,14-15,17,26H,4,10-13H2,1-3H3,(H,27,28). The van der Waals surface area contributed by atoms with Gasteiger partial charge in [0.05, 0.1) is 22.4 Å². The summed E-state index contributed by atoms with van der Waals surface area (Å²) in [6, 6.07) is 14.8. The molecule has 0 spiro atoms. The van der Waals surface area contributed by atoms with Gasteiger partial charge in [0.25, 0.3) is 0 Å². The third-order valence-corrected chi connectivity index (χ3v) is 6.49. The maximum absolute atomic E-state index is 12.6. The molecule has 0 saturated carbocycles.